The average molecular weight is 1250 g/mol. The molecule has 1 aliphatic rings. The molecule has 1 fully saturated rings. The van der Waals surface area contributed by atoms with E-state index in [0.717, 1.165) is 12.8 Å². The minimum atomic E-state index is -3.01. The molecule has 0 bridgehead atoms. The first kappa shape index (κ1) is 78.1. The van der Waals surface area contributed by atoms with Gasteiger partial charge in [0.25, 0.3) is 0 Å². The topological polar surface area (TPSA) is 229 Å². The number of hydrogen-bond acceptors (Lipinski definition) is 24. The van der Waals surface area contributed by atoms with Crippen LogP contribution in [0.2, 0.25) is 24.2 Å². The molecule has 24 nitrogen and oxygen atoms in total. The molecule has 0 amide bonds. The Morgan fingerprint density at radius 2 is 0.427 bits per heavy atom. The van der Waals surface area contributed by atoms with E-state index in [0.29, 0.717) is 182 Å². The van der Waals surface area contributed by atoms with Crippen LogP contribution in [0.5, 0.6) is 0 Å². The molecule has 82 heavy (non-hydrogen) atoms. The molecule has 28 heteroatoms. The van der Waals surface area contributed by atoms with Crippen LogP contribution in [-0.2, 0) is 91.2 Å². The molecule has 1 rings (SSSR count). The summed E-state index contributed by atoms with van der Waals surface area (Å²) in [6.45, 7) is 35.1. The predicted octanol–water partition coefficient (Wildman–Crippen LogP) is 5.92. The van der Waals surface area contributed by atoms with E-state index in [1.165, 1.54) is 0 Å². The summed E-state index contributed by atoms with van der Waals surface area (Å²) < 4.78 is 94.7. The maximum atomic E-state index is 13.4. The van der Waals surface area contributed by atoms with Crippen molar-refractivity contribution < 1.29 is 91.2 Å². The fraction of sp³-hybridized carbons (Fsp3) is 0.926. The molecule has 0 aromatic rings. The Morgan fingerprint density at radius 3 is 0.573 bits per heavy atom. The van der Waals surface area contributed by atoms with Crippen LogP contribution in [0.15, 0.2) is 0 Å². The summed E-state index contributed by atoms with van der Waals surface area (Å²) in [6, 6.07) is 1.41. The van der Waals surface area contributed by atoms with Crippen LogP contribution in [0, 0.1) is 0 Å². The first-order valence-electron chi connectivity index (χ1n) is 30.8. The highest BCUT2D eigenvalue weighted by Gasteiger charge is 2.43. The SMILES string of the molecule is CCO[Si](CCOC(=O)CCN1CCCN(CCC(=O)OCC[Si](OCC)(OCC)OCC)CCN(CCC(=O)OCC[Si](OCC)(OCC)OCC)CCCN(CCC(=O)OCC[Si](OCC)(OCC)OCC)CC1)(OCC)OCC. The van der Waals surface area contributed by atoms with E-state index in [1.54, 1.807) is 0 Å². The van der Waals surface area contributed by atoms with Crippen LogP contribution >= 0.6 is 0 Å². The third kappa shape index (κ3) is 34.4. The van der Waals surface area contributed by atoms with Gasteiger partial charge in [-0.1, -0.05) is 0 Å². The quantitative estimate of drug-likeness (QED) is 0.0391. The lowest BCUT2D eigenvalue weighted by molar-refractivity contribution is -0.145. The molecule has 1 saturated heterocycles. The molecule has 0 atom stereocenters. The zero-order valence-corrected chi connectivity index (χ0v) is 56.8. The molecule has 0 saturated carbocycles. The average Bonchev–Trinajstić information content (AvgIpc) is 3.43. The van der Waals surface area contributed by atoms with Crippen molar-refractivity contribution in [1.29, 1.82) is 0 Å². The first-order valence-corrected chi connectivity index (χ1v) is 38.5. The van der Waals surface area contributed by atoms with Gasteiger partial charge in [-0.05, 0) is 122 Å². The van der Waals surface area contributed by atoms with Gasteiger partial charge < -0.3 is 91.7 Å². The molecule has 1 aliphatic heterocycles. The molecule has 0 aromatic carbocycles. The Kier molecular flexibility index (Phi) is 45.9. The lowest BCUT2D eigenvalue weighted by Crippen LogP contribution is -2.47. The molecule has 0 radical (unpaired) electrons. The number of hydrogen-bond donors (Lipinski definition) is 0. The Hall–Kier alpha value is -1.89. The summed E-state index contributed by atoms with van der Waals surface area (Å²) in [5.41, 5.74) is 0. The standard InChI is InChI=1S/C54H112N4O20Si4/c1-13-67-79(68-14-2,69-15-3)47-43-63-51(59)27-35-55-31-25-32-57(37-29-53(61)65-45-49-81(73-19-7,74-20-8)75-21-9)41-42-58(38-30-54(62)66-46-50-82(76-22-10,77-23-11)78-24-12)34-26-33-56(40-39-55)36-28-52(60)64-44-48-80(70-16-4,71-17-5)72-18-6/h13-50H2,1-12H3. The molecule has 1 heterocycles. The van der Waals surface area contributed by atoms with Gasteiger partial charge in [0.15, 0.2) is 0 Å². The molecule has 0 unspecified atom stereocenters. The van der Waals surface area contributed by atoms with Crippen LogP contribution in [0.1, 0.15) is 122 Å². The third-order valence-corrected chi connectivity index (χ3v) is 25.0. The fourth-order valence-electron chi connectivity index (χ4n) is 9.39. The van der Waals surface area contributed by atoms with Gasteiger partial charge in [-0.3, -0.25) is 19.2 Å². The Labute approximate surface area is 498 Å². The molecule has 0 N–H and O–H groups in total. The molecular formula is C54H112N4O20Si4. The second kappa shape index (κ2) is 48.2. The van der Waals surface area contributed by atoms with Crippen LogP contribution in [0.25, 0.3) is 0 Å². The van der Waals surface area contributed by atoms with E-state index in [-0.39, 0.29) is 76.0 Å². The van der Waals surface area contributed by atoms with Gasteiger partial charge in [0.2, 0.25) is 0 Å². The highest BCUT2D eigenvalue weighted by Crippen LogP contribution is 2.20. The van der Waals surface area contributed by atoms with E-state index < -0.39 is 35.2 Å². The van der Waals surface area contributed by atoms with Crippen molar-refractivity contribution in [2.24, 2.45) is 0 Å². The van der Waals surface area contributed by atoms with Crippen LogP contribution in [-0.4, -0.2) is 263 Å². The van der Waals surface area contributed by atoms with E-state index in [9.17, 15) is 19.2 Å². The van der Waals surface area contributed by atoms with Gasteiger partial charge in [-0.25, -0.2) is 0 Å². The van der Waals surface area contributed by atoms with Crippen molar-refractivity contribution in [3.63, 3.8) is 0 Å². The monoisotopic (exact) mass is 1250 g/mol. The molecule has 0 aromatic heterocycles. The second-order valence-corrected chi connectivity index (χ2v) is 29.8. The Balaban J connectivity index is 3.42. The normalized spacial score (nSPS) is 15.6. The van der Waals surface area contributed by atoms with Crippen molar-refractivity contribution in [2.75, 3.05) is 184 Å². The maximum absolute atomic E-state index is 13.4. The third-order valence-electron chi connectivity index (χ3n) is 12.9. The number of nitrogens with zero attached hydrogens (tertiary/aromatic N) is 4. The van der Waals surface area contributed by atoms with Crippen molar-refractivity contribution in [2.45, 2.75) is 146 Å². The number of ether oxygens (including phenoxy) is 4. The Bertz CT molecular complexity index is 1350. The fourth-order valence-corrected chi connectivity index (χ4v) is 18.8. The number of esters is 4. The Morgan fingerprint density at radius 1 is 0.268 bits per heavy atom. The summed E-state index contributed by atoms with van der Waals surface area (Å²) in [7, 11) is -12.0. The van der Waals surface area contributed by atoms with Crippen LogP contribution in [0.3, 0.4) is 0 Å². The lowest BCUT2D eigenvalue weighted by Gasteiger charge is -2.32. The summed E-state index contributed by atoms with van der Waals surface area (Å²) in [6.07, 6.45) is 2.11. The highest BCUT2D eigenvalue weighted by atomic mass is 28.4. The van der Waals surface area contributed by atoms with Gasteiger partial charge in [0.05, 0.1) is 76.3 Å². The van der Waals surface area contributed by atoms with Gasteiger partial charge in [-0.15, -0.1) is 0 Å². The molecular weight excluding hydrogens is 1140 g/mol. The van der Waals surface area contributed by atoms with E-state index in [4.69, 9.17) is 72.1 Å². The summed E-state index contributed by atoms with van der Waals surface area (Å²) in [5.74, 6) is -1.33. The number of rotatable bonds is 48. The van der Waals surface area contributed by atoms with Gasteiger partial charge >= 0.3 is 59.1 Å². The summed E-state index contributed by atoms with van der Waals surface area (Å²) in [5, 5.41) is 0. The van der Waals surface area contributed by atoms with Crippen LogP contribution in [0.4, 0.5) is 0 Å². The number of carbonyl (C=O) groups is 4. The van der Waals surface area contributed by atoms with Crippen molar-refractivity contribution in [3.05, 3.63) is 0 Å². The van der Waals surface area contributed by atoms with Gasteiger partial charge in [0.1, 0.15) is 0 Å². The first-order chi connectivity index (χ1) is 39.6. The molecule has 0 aliphatic carbocycles. The smallest absolute Gasteiger partial charge is 0.466 e. The zero-order valence-electron chi connectivity index (χ0n) is 52.8. The maximum Gasteiger partial charge on any atom is 0.504 e. The largest absolute Gasteiger partial charge is 0.504 e. The minimum Gasteiger partial charge on any atom is -0.466 e. The van der Waals surface area contributed by atoms with Gasteiger partial charge in [0, 0.05) is 132 Å². The van der Waals surface area contributed by atoms with Crippen molar-refractivity contribution in [3.8, 4) is 0 Å². The number of carbonyl (C=O) groups excluding carboxylic acids is 4. The predicted molar refractivity (Wildman–Crippen MR) is 319 cm³/mol. The molecule has 0 spiro atoms. The van der Waals surface area contributed by atoms with Crippen molar-refractivity contribution in [1.82, 2.24) is 19.6 Å². The van der Waals surface area contributed by atoms with Crippen molar-refractivity contribution >= 4 is 59.1 Å². The zero-order chi connectivity index (χ0) is 60.8. The molecule has 484 valence electrons. The van der Waals surface area contributed by atoms with Crippen LogP contribution < -0.4 is 0 Å². The highest BCUT2D eigenvalue weighted by molar-refractivity contribution is 6.62. The van der Waals surface area contributed by atoms with E-state index in [1.807, 2.05) is 83.1 Å². The van der Waals surface area contributed by atoms with E-state index >= 15 is 0 Å². The van der Waals surface area contributed by atoms with Gasteiger partial charge in [-0.2, -0.15) is 0 Å². The summed E-state index contributed by atoms with van der Waals surface area (Å²) >= 11 is 0. The summed E-state index contributed by atoms with van der Waals surface area (Å²) in [4.78, 5) is 62.5. The lowest BCUT2D eigenvalue weighted by atomic mass is 10.2. The minimum absolute atomic E-state index is 0.115. The second-order valence-electron chi connectivity index (χ2n) is 18.9. The van der Waals surface area contributed by atoms with E-state index in [2.05, 4.69) is 19.6 Å².